The molecule has 0 aliphatic heterocycles. The number of benzene rings is 1. The molecule has 0 saturated heterocycles. The van der Waals surface area contributed by atoms with E-state index in [1.165, 1.54) is 33.3 Å². The second-order valence-electron chi connectivity index (χ2n) is 4.24. The fourth-order valence-electron chi connectivity index (χ4n) is 1.49. The van der Waals surface area contributed by atoms with Crippen molar-refractivity contribution in [1.82, 2.24) is 0 Å². The quantitative estimate of drug-likeness (QED) is 0.863. The molecule has 1 rings (SSSR count). The number of hydrogen-bond acceptors (Lipinski definition) is 4. The van der Waals surface area contributed by atoms with Crippen molar-refractivity contribution in [3.8, 4) is 11.5 Å². The number of hydrogen-bond donors (Lipinski definition) is 1. The molecule has 1 amide bonds. The molecule has 1 atom stereocenters. The van der Waals surface area contributed by atoms with Gasteiger partial charge in [-0.3, -0.25) is 4.79 Å². The van der Waals surface area contributed by atoms with Crippen LogP contribution in [0.1, 0.15) is 6.92 Å². The molecule has 124 valence electrons. The number of rotatable bonds is 6. The third-order valence-corrected chi connectivity index (χ3v) is 2.89. The summed E-state index contributed by atoms with van der Waals surface area (Å²) in [6.45, 7) is -0.302. The maximum atomic E-state index is 12.1. The molecule has 9 heteroatoms. The summed E-state index contributed by atoms with van der Waals surface area (Å²) in [5.41, 5.74) is 0.205. The lowest BCUT2D eigenvalue weighted by molar-refractivity contribution is -0.184. The number of amides is 1. The van der Waals surface area contributed by atoms with E-state index in [4.69, 9.17) is 21.1 Å². The predicted molar refractivity (Wildman–Crippen MR) is 74.7 cm³/mol. The van der Waals surface area contributed by atoms with Gasteiger partial charge in [-0.25, -0.2) is 0 Å². The Hall–Kier alpha value is -1.67. The lowest BCUT2D eigenvalue weighted by Crippen LogP contribution is -2.31. The number of carbonyl (C=O) groups excluding carboxylic acids is 1. The van der Waals surface area contributed by atoms with Gasteiger partial charge in [-0.2, -0.15) is 13.2 Å². The summed E-state index contributed by atoms with van der Waals surface area (Å²) < 4.78 is 50.7. The van der Waals surface area contributed by atoms with Gasteiger partial charge in [0.1, 0.15) is 24.2 Å². The highest BCUT2D eigenvalue weighted by Crippen LogP contribution is 2.35. The van der Waals surface area contributed by atoms with Crippen LogP contribution in [-0.4, -0.2) is 39.0 Å². The minimum Gasteiger partial charge on any atom is -0.495 e. The normalized spacial score (nSPS) is 12.7. The molecule has 0 saturated carbocycles. The fourth-order valence-corrected chi connectivity index (χ4v) is 1.72. The molecule has 0 aliphatic carbocycles. The Kier molecular flexibility index (Phi) is 6.31. The van der Waals surface area contributed by atoms with Gasteiger partial charge in [-0.15, -0.1) is 0 Å². The average Bonchev–Trinajstić information content (AvgIpc) is 2.45. The van der Waals surface area contributed by atoms with Crippen LogP contribution < -0.4 is 14.8 Å². The van der Waals surface area contributed by atoms with Crippen molar-refractivity contribution in [2.75, 3.05) is 26.1 Å². The Bertz CT molecular complexity index is 537. The maximum absolute atomic E-state index is 12.1. The van der Waals surface area contributed by atoms with Gasteiger partial charge in [-0.05, 0) is 6.92 Å². The molecule has 0 fully saturated rings. The second-order valence-corrected chi connectivity index (χ2v) is 4.65. The van der Waals surface area contributed by atoms with Crippen molar-refractivity contribution in [3.05, 3.63) is 17.2 Å². The number of ether oxygens (including phenoxy) is 3. The first kappa shape index (κ1) is 18.4. The Morgan fingerprint density at radius 1 is 1.27 bits per heavy atom. The minimum atomic E-state index is -4.50. The third kappa shape index (κ3) is 5.27. The van der Waals surface area contributed by atoms with Crippen LogP contribution in [0.2, 0.25) is 5.02 Å². The summed E-state index contributed by atoms with van der Waals surface area (Å²) in [5.74, 6) is -0.240. The van der Waals surface area contributed by atoms with Crippen molar-refractivity contribution in [1.29, 1.82) is 0 Å². The summed E-state index contributed by atoms with van der Waals surface area (Å²) in [6.07, 6.45) is -5.80. The van der Waals surface area contributed by atoms with Crippen molar-refractivity contribution in [2.24, 2.45) is 0 Å². The van der Waals surface area contributed by atoms with E-state index in [1.807, 2.05) is 0 Å². The van der Waals surface area contributed by atoms with Crippen LogP contribution >= 0.6 is 11.6 Å². The van der Waals surface area contributed by atoms with E-state index in [1.54, 1.807) is 0 Å². The zero-order valence-corrected chi connectivity index (χ0v) is 12.8. The number of nitrogens with one attached hydrogen (secondary N) is 1. The molecule has 0 heterocycles. The van der Waals surface area contributed by atoms with Gasteiger partial charge < -0.3 is 19.5 Å². The standard InChI is InChI=1S/C13H15ClF3NO4/c1-7(22-6-13(15,16)17)12(19)18-9-5-10(20-2)8(14)4-11(9)21-3/h4-5,7H,6H2,1-3H3,(H,18,19). The molecule has 0 bridgehead atoms. The molecule has 1 aromatic rings. The van der Waals surface area contributed by atoms with Crippen molar-refractivity contribution < 1.29 is 32.2 Å². The Balaban J connectivity index is 2.82. The average molecular weight is 342 g/mol. The summed E-state index contributed by atoms with van der Waals surface area (Å²) in [6, 6.07) is 2.81. The van der Waals surface area contributed by atoms with Gasteiger partial charge in [0.25, 0.3) is 5.91 Å². The van der Waals surface area contributed by atoms with Crippen LogP contribution in [0.3, 0.4) is 0 Å². The van der Waals surface area contributed by atoms with Gasteiger partial charge in [0, 0.05) is 12.1 Å². The molecular weight excluding hydrogens is 327 g/mol. The Morgan fingerprint density at radius 2 is 1.86 bits per heavy atom. The van der Waals surface area contributed by atoms with Crippen LogP contribution in [0, 0.1) is 0 Å². The van der Waals surface area contributed by atoms with Crippen molar-refractivity contribution >= 4 is 23.2 Å². The van der Waals surface area contributed by atoms with Crippen LogP contribution in [0.25, 0.3) is 0 Å². The highest BCUT2D eigenvalue weighted by atomic mass is 35.5. The summed E-state index contributed by atoms with van der Waals surface area (Å²) in [5, 5.41) is 2.67. The zero-order valence-electron chi connectivity index (χ0n) is 12.1. The van der Waals surface area contributed by atoms with Gasteiger partial charge in [0.15, 0.2) is 0 Å². The Morgan fingerprint density at radius 3 is 2.36 bits per heavy atom. The number of alkyl halides is 3. The van der Waals surface area contributed by atoms with Gasteiger partial charge in [0.2, 0.25) is 0 Å². The van der Waals surface area contributed by atoms with E-state index in [2.05, 4.69) is 10.1 Å². The summed E-state index contributed by atoms with van der Waals surface area (Å²) >= 11 is 5.91. The molecule has 22 heavy (non-hydrogen) atoms. The van der Waals surface area contributed by atoms with E-state index < -0.39 is 24.8 Å². The van der Waals surface area contributed by atoms with Crippen LogP contribution in [0.4, 0.5) is 18.9 Å². The monoisotopic (exact) mass is 341 g/mol. The molecular formula is C13H15ClF3NO4. The predicted octanol–water partition coefficient (Wildman–Crippen LogP) is 3.26. The topological polar surface area (TPSA) is 56.8 Å². The molecule has 0 aromatic heterocycles. The lowest BCUT2D eigenvalue weighted by atomic mass is 10.2. The molecule has 0 spiro atoms. The molecule has 0 radical (unpaired) electrons. The minimum absolute atomic E-state index is 0.205. The number of carbonyl (C=O) groups is 1. The highest BCUT2D eigenvalue weighted by Gasteiger charge is 2.30. The van der Waals surface area contributed by atoms with E-state index in [-0.39, 0.29) is 22.2 Å². The number of halogens is 4. The van der Waals surface area contributed by atoms with E-state index in [0.717, 1.165) is 0 Å². The van der Waals surface area contributed by atoms with Gasteiger partial charge in [0.05, 0.1) is 24.9 Å². The first-order valence-corrected chi connectivity index (χ1v) is 6.46. The summed E-state index contributed by atoms with van der Waals surface area (Å²) in [7, 11) is 2.74. The van der Waals surface area contributed by atoms with Crippen LogP contribution in [0.5, 0.6) is 11.5 Å². The molecule has 0 aliphatic rings. The fraction of sp³-hybridized carbons (Fsp3) is 0.462. The number of methoxy groups -OCH3 is 2. The SMILES string of the molecule is COc1cc(NC(=O)C(C)OCC(F)(F)F)c(OC)cc1Cl. The van der Waals surface area contributed by atoms with Gasteiger partial charge in [-0.1, -0.05) is 11.6 Å². The van der Waals surface area contributed by atoms with Gasteiger partial charge >= 0.3 is 6.18 Å². The smallest absolute Gasteiger partial charge is 0.411 e. The third-order valence-electron chi connectivity index (χ3n) is 2.60. The Labute approximate surface area is 130 Å². The first-order chi connectivity index (χ1) is 10.2. The summed E-state index contributed by atoms with van der Waals surface area (Å²) in [4.78, 5) is 11.8. The van der Waals surface area contributed by atoms with Crippen LogP contribution in [-0.2, 0) is 9.53 Å². The highest BCUT2D eigenvalue weighted by molar-refractivity contribution is 6.32. The number of anilines is 1. The maximum Gasteiger partial charge on any atom is 0.411 e. The largest absolute Gasteiger partial charge is 0.495 e. The molecule has 1 aromatic carbocycles. The van der Waals surface area contributed by atoms with E-state index in [0.29, 0.717) is 0 Å². The van der Waals surface area contributed by atoms with Crippen molar-refractivity contribution in [3.63, 3.8) is 0 Å². The zero-order chi connectivity index (χ0) is 16.9. The van der Waals surface area contributed by atoms with E-state index >= 15 is 0 Å². The molecule has 1 unspecified atom stereocenters. The molecule has 1 N–H and O–H groups in total. The lowest BCUT2D eigenvalue weighted by Gasteiger charge is -2.17. The van der Waals surface area contributed by atoms with Crippen LogP contribution in [0.15, 0.2) is 12.1 Å². The second kappa shape index (κ2) is 7.55. The first-order valence-electron chi connectivity index (χ1n) is 6.08. The van der Waals surface area contributed by atoms with Crippen molar-refractivity contribution in [2.45, 2.75) is 19.2 Å². The van der Waals surface area contributed by atoms with E-state index in [9.17, 15) is 18.0 Å². The molecule has 5 nitrogen and oxygen atoms in total.